The highest BCUT2D eigenvalue weighted by Crippen LogP contribution is 2.19. The van der Waals surface area contributed by atoms with Gasteiger partial charge in [0.1, 0.15) is 0 Å². The molecule has 0 N–H and O–H groups in total. The van der Waals surface area contributed by atoms with E-state index in [0.717, 1.165) is 5.56 Å². The first kappa shape index (κ1) is 14.0. The molecule has 0 atom stereocenters. The van der Waals surface area contributed by atoms with Crippen LogP contribution in [0.3, 0.4) is 0 Å². The van der Waals surface area contributed by atoms with Crippen molar-refractivity contribution in [3.63, 3.8) is 0 Å². The molecule has 0 fully saturated rings. The fraction of sp³-hybridized carbons (Fsp3) is 0.500. The molecular weight excluding hydrogens is 234 g/mol. The molecule has 0 saturated heterocycles. The van der Waals surface area contributed by atoms with Crippen LogP contribution in [0.4, 0.5) is 0 Å². The van der Waals surface area contributed by atoms with E-state index in [9.17, 15) is 4.79 Å². The minimum atomic E-state index is 0.0388. The van der Waals surface area contributed by atoms with Crippen LogP contribution in [-0.2, 0) is 0 Å². The van der Waals surface area contributed by atoms with Crippen LogP contribution in [0.5, 0.6) is 0 Å². The molecule has 0 aliphatic carbocycles. The van der Waals surface area contributed by atoms with Gasteiger partial charge in [-0.15, -0.1) is 0 Å². The van der Waals surface area contributed by atoms with Gasteiger partial charge in [0.15, 0.2) is 0 Å². The first-order valence-corrected chi connectivity index (χ1v) is 6.31. The van der Waals surface area contributed by atoms with Crippen LogP contribution < -0.4 is 0 Å². The summed E-state index contributed by atoms with van der Waals surface area (Å²) in [6.07, 6.45) is 0. The van der Waals surface area contributed by atoms with Crippen LogP contribution in [0.1, 0.15) is 43.6 Å². The van der Waals surface area contributed by atoms with E-state index in [1.807, 2.05) is 51.7 Å². The lowest BCUT2D eigenvalue weighted by molar-refractivity contribution is 0.0644. The van der Waals surface area contributed by atoms with E-state index in [0.29, 0.717) is 10.6 Å². The minimum absolute atomic E-state index is 0.0388. The second kappa shape index (κ2) is 5.54. The highest BCUT2D eigenvalue weighted by atomic mass is 35.5. The van der Waals surface area contributed by atoms with Crippen LogP contribution in [0.2, 0.25) is 5.02 Å². The third-order valence-electron chi connectivity index (χ3n) is 2.77. The SMILES string of the molecule is Cc1ccc(C(=O)N(C(C)C)C(C)C)cc1Cl. The molecule has 17 heavy (non-hydrogen) atoms. The maximum Gasteiger partial charge on any atom is 0.254 e. The monoisotopic (exact) mass is 253 g/mol. The number of rotatable bonds is 3. The number of aryl methyl sites for hydroxylation is 1. The van der Waals surface area contributed by atoms with Crippen molar-refractivity contribution in [3.8, 4) is 0 Å². The van der Waals surface area contributed by atoms with Gasteiger partial charge in [-0.2, -0.15) is 0 Å². The van der Waals surface area contributed by atoms with Crippen molar-refractivity contribution < 1.29 is 4.79 Å². The summed E-state index contributed by atoms with van der Waals surface area (Å²) in [6, 6.07) is 5.83. The Balaban J connectivity index is 3.06. The number of amides is 1. The Morgan fingerprint density at radius 2 is 1.71 bits per heavy atom. The van der Waals surface area contributed by atoms with Crippen molar-refractivity contribution in [1.82, 2.24) is 4.90 Å². The zero-order valence-electron chi connectivity index (χ0n) is 11.1. The Bertz CT molecular complexity index is 405. The maximum atomic E-state index is 12.4. The topological polar surface area (TPSA) is 20.3 Å². The van der Waals surface area contributed by atoms with Crippen LogP contribution in [-0.4, -0.2) is 22.9 Å². The molecule has 0 bridgehead atoms. The molecule has 1 aromatic rings. The predicted octanol–water partition coefficient (Wildman–Crippen LogP) is 3.91. The molecule has 0 aliphatic rings. The fourth-order valence-corrected chi connectivity index (χ4v) is 2.12. The molecule has 3 heteroatoms. The highest BCUT2D eigenvalue weighted by molar-refractivity contribution is 6.31. The summed E-state index contributed by atoms with van der Waals surface area (Å²) in [5.41, 5.74) is 1.65. The van der Waals surface area contributed by atoms with Gasteiger partial charge in [0.2, 0.25) is 0 Å². The lowest BCUT2D eigenvalue weighted by Gasteiger charge is -2.31. The van der Waals surface area contributed by atoms with E-state index in [1.165, 1.54) is 0 Å². The molecule has 94 valence electrons. The summed E-state index contributed by atoms with van der Waals surface area (Å²) in [7, 11) is 0. The molecular formula is C14H20ClNO. The summed E-state index contributed by atoms with van der Waals surface area (Å²) in [4.78, 5) is 14.2. The van der Waals surface area contributed by atoms with Crippen molar-refractivity contribution in [2.75, 3.05) is 0 Å². The van der Waals surface area contributed by atoms with Crippen LogP contribution in [0, 0.1) is 6.92 Å². The number of benzene rings is 1. The van der Waals surface area contributed by atoms with Gasteiger partial charge in [0, 0.05) is 22.7 Å². The lowest BCUT2D eigenvalue weighted by atomic mass is 10.1. The molecule has 1 amide bonds. The van der Waals surface area contributed by atoms with E-state index in [2.05, 4.69) is 0 Å². The van der Waals surface area contributed by atoms with Gasteiger partial charge in [-0.05, 0) is 52.3 Å². The molecule has 0 spiro atoms. The minimum Gasteiger partial charge on any atom is -0.334 e. The third kappa shape index (κ3) is 3.22. The van der Waals surface area contributed by atoms with Crippen molar-refractivity contribution in [1.29, 1.82) is 0 Å². The maximum absolute atomic E-state index is 12.4. The standard InChI is InChI=1S/C14H20ClNO/c1-9(2)16(10(3)4)14(17)12-7-6-11(5)13(15)8-12/h6-10H,1-5H3. The number of carbonyl (C=O) groups is 1. The summed E-state index contributed by atoms with van der Waals surface area (Å²) >= 11 is 6.05. The first-order valence-electron chi connectivity index (χ1n) is 5.93. The average Bonchev–Trinajstić information content (AvgIpc) is 2.20. The second-order valence-electron chi connectivity index (χ2n) is 4.86. The Morgan fingerprint density at radius 3 is 2.12 bits per heavy atom. The van der Waals surface area contributed by atoms with Gasteiger partial charge in [0.05, 0.1) is 0 Å². The number of halogens is 1. The zero-order valence-corrected chi connectivity index (χ0v) is 11.9. The average molecular weight is 254 g/mol. The summed E-state index contributed by atoms with van der Waals surface area (Å²) < 4.78 is 0. The molecule has 0 unspecified atom stereocenters. The molecule has 0 heterocycles. The second-order valence-corrected chi connectivity index (χ2v) is 5.27. The molecule has 0 aliphatic heterocycles. The Labute approximate surface area is 109 Å². The number of carbonyl (C=O) groups excluding carboxylic acids is 1. The summed E-state index contributed by atoms with van der Waals surface area (Å²) in [5, 5.41) is 0.642. The van der Waals surface area contributed by atoms with E-state index < -0.39 is 0 Å². The fourth-order valence-electron chi connectivity index (χ4n) is 1.94. The third-order valence-corrected chi connectivity index (χ3v) is 3.17. The lowest BCUT2D eigenvalue weighted by Crippen LogP contribution is -2.42. The molecule has 1 aromatic carbocycles. The van der Waals surface area contributed by atoms with Crippen LogP contribution in [0.15, 0.2) is 18.2 Å². The molecule has 2 nitrogen and oxygen atoms in total. The van der Waals surface area contributed by atoms with Crippen molar-refractivity contribution in [3.05, 3.63) is 34.3 Å². The predicted molar refractivity (Wildman–Crippen MR) is 72.6 cm³/mol. The van der Waals surface area contributed by atoms with Gasteiger partial charge in [-0.25, -0.2) is 0 Å². The van der Waals surface area contributed by atoms with Gasteiger partial charge in [-0.3, -0.25) is 4.79 Å². The zero-order chi connectivity index (χ0) is 13.2. The summed E-state index contributed by atoms with van der Waals surface area (Å²) in [5.74, 6) is 0.0388. The Hall–Kier alpha value is -1.02. The smallest absolute Gasteiger partial charge is 0.254 e. The van der Waals surface area contributed by atoms with Gasteiger partial charge in [-0.1, -0.05) is 17.7 Å². The number of hydrogen-bond donors (Lipinski definition) is 0. The molecule has 0 radical (unpaired) electrons. The van der Waals surface area contributed by atoms with Crippen molar-refractivity contribution >= 4 is 17.5 Å². The highest BCUT2D eigenvalue weighted by Gasteiger charge is 2.21. The molecule has 1 rings (SSSR count). The van der Waals surface area contributed by atoms with E-state index in [1.54, 1.807) is 6.07 Å². The molecule has 0 aromatic heterocycles. The first-order chi connectivity index (χ1) is 7.84. The quantitative estimate of drug-likeness (QED) is 0.800. The van der Waals surface area contributed by atoms with Gasteiger partial charge >= 0.3 is 0 Å². The number of nitrogens with zero attached hydrogens (tertiary/aromatic N) is 1. The summed E-state index contributed by atoms with van der Waals surface area (Å²) in [6.45, 7) is 10.0. The van der Waals surface area contributed by atoms with Gasteiger partial charge < -0.3 is 4.90 Å². The van der Waals surface area contributed by atoms with Crippen molar-refractivity contribution in [2.24, 2.45) is 0 Å². The van der Waals surface area contributed by atoms with E-state index in [4.69, 9.17) is 11.6 Å². The Morgan fingerprint density at radius 1 is 1.18 bits per heavy atom. The van der Waals surface area contributed by atoms with Crippen LogP contribution in [0.25, 0.3) is 0 Å². The normalized spacial score (nSPS) is 11.1. The van der Waals surface area contributed by atoms with E-state index >= 15 is 0 Å². The number of hydrogen-bond acceptors (Lipinski definition) is 1. The Kier molecular flexibility index (Phi) is 4.58. The van der Waals surface area contributed by atoms with Gasteiger partial charge in [0.25, 0.3) is 5.91 Å². The van der Waals surface area contributed by atoms with E-state index in [-0.39, 0.29) is 18.0 Å². The molecule has 0 saturated carbocycles. The largest absolute Gasteiger partial charge is 0.334 e. The van der Waals surface area contributed by atoms with Crippen LogP contribution >= 0.6 is 11.6 Å². The van der Waals surface area contributed by atoms with Crippen molar-refractivity contribution in [2.45, 2.75) is 46.7 Å².